The molecule has 2 nitrogen and oxygen atoms in total. The molecular weight excluding hydrogens is 244 g/mol. The van der Waals surface area contributed by atoms with Gasteiger partial charge in [-0.15, -0.1) is 0 Å². The normalized spacial score (nSPS) is 10.4. The number of rotatable bonds is 3. The van der Waals surface area contributed by atoms with E-state index in [1.54, 1.807) is 0 Å². The number of benzene rings is 2. The number of hydrogen-bond acceptors (Lipinski definition) is 2. The summed E-state index contributed by atoms with van der Waals surface area (Å²) in [4.78, 5) is 2.18. The van der Waals surface area contributed by atoms with Crippen LogP contribution in [0.3, 0.4) is 0 Å². The first-order chi connectivity index (χ1) is 8.63. The minimum absolute atomic E-state index is 0.700. The second kappa shape index (κ2) is 5.32. The number of nitrogen functional groups attached to an aromatic ring is 1. The van der Waals surface area contributed by atoms with Crippen LogP contribution in [0.25, 0.3) is 0 Å². The molecule has 0 spiro atoms. The summed E-state index contributed by atoms with van der Waals surface area (Å²) in [6.45, 7) is 5.04. The van der Waals surface area contributed by atoms with E-state index >= 15 is 0 Å². The van der Waals surface area contributed by atoms with Crippen molar-refractivity contribution in [2.75, 3.05) is 17.2 Å². The summed E-state index contributed by atoms with van der Waals surface area (Å²) in [7, 11) is 0. The van der Waals surface area contributed by atoms with Crippen molar-refractivity contribution in [1.82, 2.24) is 0 Å². The quantitative estimate of drug-likeness (QED) is 0.830. The topological polar surface area (TPSA) is 29.3 Å². The lowest BCUT2D eigenvalue weighted by Crippen LogP contribution is -2.18. The third-order valence-electron chi connectivity index (χ3n) is 3.01. The van der Waals surface area contributed by atoms with Crippen LogP contribution in [-0.4, -0.2) is 6.54 Å². The van der Waals surface area contributed by atoms with E-state index in [1.165, 1.54) is 5.56 Å². The number of hydrogen-bond donors (Lipinski definition) is 1. The summed E-state index contributed by atoms with van der Waals surface area (Å²) < 4.78 is 0. The Morgan fingerprint density at radius 3 is 2.50 bits per heavy atom. The van der Waals surface area contributed by atoms with Crippen molar-refractivity contribution in [3.05, 3.63) is 53.1 Å². The molecule has 18 heavy (non-hydrogen) atoms. The number of anilines is 3. The fourth-order valence-corrected chi connectivity index (χ4v) is 2.25. The first-order valence-electron chi connectivity index (χ1n) is 6.01. The first-order valence-corrected chi connectivity index (χ1v) is 6.39. The Morgan fingerprint density at radius 2 is 1.83 bits per heavy atom. The molecule has 94 valence electrons. The van der Waals surface area contributed by atoms with Gasteiger partial charge in [0.05, 0.1) is 11.4 Å². The molecule has 0 unspecified atom stereocenters. The van der Waals surface area contributed by atoms with Gasteiger partial charge in [-0.1, -0.05) is 29.8 Å². The van der Waals surface area contributed by atoms with Crippen LogP contribution in [0.5, 0.6) is 0 Å². The standard InChI is InChI=1S/C15H17ClN2/c1-3-18(14-7-5-4-6-11(14)2)15-10-12(16)8-9-13(15)17/h4-10H,3,17H2,1-2H3. The molecule has 2 N–H and O–H groups in total. The average molecular weight is 261 g/mol. The maximum absolute atomic E-state index is 6.06. The van der Waals surface area contributed by atoms with Gasteiger partial charge in [0.1, 0.15) is 0 Å². The van der Waals surface area contributed by atoms with E-state index in [0.29, 0.717) is 5.02 Å². The molecular formula is C15H17ClN2. The molecule has 2 aromatic rings. The zero-order chi connectivity index (χ0) is 13.1. The van der Waals surface area contributed by atoms with E-state index in [9.17, 15) is 0 Å². The summed E-state index contributed by atoms with van der Waals surface area (Å²) in [5.74, 6) is 0. The van der Waals surface area contributed by atoms with E-state index in [-0.39, 0.29) is 0 Å². The smallest absolute Gasteiger partial charge is 0.0659 e. The van der Waals surface area contributed by atoms with Crippen molar-refractivity contribution in [3.63, 3.8) is 0 Å². The van der Waals surface area contributed by atoms with E-state index in [2.05, 4.69) is 30.9 Å². The van der Waals surface area contributed by atoms with Gasteiger partial charge >= 0.3 is 0 Å². The fraction of sp³-hybridized carbons (Fsp3) is 0.200. The second-order valence-electron chi connectivity index (χ2n) is 4.23. The Morgan fingerprint density at radius 1 is 1.11 bits per heavy atom. The van der Waals surface area contributed by atoms with Crippen LogP contribution in [-0.2, 0) is 0 Å². The highest BCUT2D eigenvalue weighted by atomic mass is 35.5. The molecule has 0 atom stereocenters. The summed E-state index contributed by atoms with van der Waals surface area (Å²) >= 11 is 6.06. The third kappa shape index (κ3) is 2.44. The highest BCUT2D eigenvalue weighted by Crippen LogP contribution is 2.33. The predicted molar refractivity (Wildman–Crippen MR) is 79.7 cm³/mol. The third-order valence-corrected chi connectivity index (χ3v) is 3.24. The highest BCUT2D eigenvalue weighted by molar-refractivity contribution is 6.31. The van der Waals surface area contributed by atoms with Crippen LogP contribution in [0.2, 0.25) is 5.02 Å². The molecule has 0 bridgehead atoms. The predicted octanol–water partition coefficient (Wildman–Crippen LogP) is 4.39. The lowest BCUT2D eigenvalue weighted by atomic mass is 10.1. The van der Waals surface area contributed by atoms with E-state index in [4.69, 9.17) is 17.3 Å². The summed E-state index contributed by atoms with van der Waals surface area (Å²) in [5, 5.41) is 0.700. The van der Waals surface area contributed by atoms with Gasteiger partial charge in [-0.2, -0.15) is 0 Å². The van der Waals surface area contributed by atoms with Crippen LogP contribution in [0.15, 0.2) is 42.5 Å². The lowest BCUT2D eigenvalue weighted by molar-refractivity contribution is 1.02. The van der Waals surface area contributed by atoms with E-state index in [0.717, 1.165) is 23.6 Å². The van der Waals surface area contributed by atoms with E-state index in [1.807, 2.05) is 30.3 Å². The zero-order valence-corrected chi connectivity index (χ0v) is 11.4. The maximum Gasteiger partial charge on any atom is 0.0659 e. The van der Waals surface area contributed by atoms with Crippen LogP contribution < -0.4 is 10.6 Å². The van der Waals surface area contributed by atoms with Crippen molar-refractivity contribution in [1.29, 1.82) is 0 Å². The number of halogens is 1. The Labute approximate surface area is 113 Å². The summed E-state index contributed by atoms with van der Waals surface area (Å²) in [6, 6.07) is 13.8. The maximum atomic E-state index is 6.06. The van der Waals surface area contributed by atoms with Crippen LogP contribution in [0.1, 0.15) is 12.5 Å². The van der Waals surface area contributed by atoms with Gasteiger partial charge in [0, 0.05) is 17.3 Å². The van der Waals surface area contributed by atoms with Crippen molar-refractivity contribution < 1.29 is 0 Å². The summed E-state index contributed by atoms with van der Waals surface area (Å²) in [6.07, 6.45) is 0. The molecule has 0 amide bonds. The van der Waals surface area contributed by atoms with Crippen molar-refractivity contribution >= 4 is 28.7 Å². The van der Waals surface area contributed by atoms with E-state index < -0.39 is 0 Å². The summed E-state index contributed by atoms with van der Waals surface area (Å²) in [5.41, 5.74) is 10.1. The van der Waals surface area contributed by atoms with Crippen molar-refractivity contribution in [2.45, 2.75) is 13.8 Å². The monoisotopic (exact) mass is 260 g/mol. The molecule has 0 aliphatic carbocycles. The lowest BCUT2D eigenvalue weighted by Gasteiger charge is -2.26. The molecule has 0 heterocycles. The van der Waals surface area contributed by atoms with Gasteiger partial charge < -0.3 is 10.6 Å². The van der Waals surface area contributed by atoms with Crippen LogP contribution in [0.4, 0.5) is 17.1 Å². The molecule has 2 rings (SSSR count). The van der Waals surface area contributed by atoms with Gasteiger partial charge in [-0.05, 0) is 43.7 Å². The highest BCUT2D eigenvalue weighted by Gasteiger charge is 2.12. The Bertz CT molecular complexity index is 552. The molecule has 2 aromatic carbocycles. The molecule has 3 heteroatoms. The SMILES string of the molecule is CCN(c1ccccc1C)c1cc(Cl)ccc1N. The molecule has 0 saturated carbocycles. The van der Waals surface area contributed by atoms with Crippen molar-refractivity contribution in [2.24, 2.45) is 0 Å². The Balaban J connectivity index is 2.52. The molecule has 0 fully saturated rings. The van der Waals surface area contributed by atoms with Gasteiger partial charge in [0.2, 0.25) is 0 Å². The largest absolute Gasteiger partial charge is 0.397 e. The molecule has 0 aromatic heterocycles. The van der Waals surface area contributed by atoms with Gasteiger partial charge in [-0.3, -0.25) is 0 Å². The molecule has 0 aliphatic heterocycles. The number of aryl methyl sites for hydroxylation is 1. The number of para-hydroxylation sites is 1. The number of nitrogens with two attached hydrogens (primary N) is 1. The first kappa shape index (κ1) is 12.8. The fourth-order valence-electron chi connectivity index (χ4n) is 2.09. The zero-order valence-electron chi connectivity index (χ0n) is 10.7. The van der Waals surface area contributed by atoms with Crippen LogP contribution in [0, 0.1) is 6.92 Å². The average Bonchev–Trinajstić information content (AvgIpc) is 2.36. The minimum atomic E-state index is 0.700. The molecule has 0 radical (unpaired) electrons. The van der Waals surface area contributed by atoms with Gasteiger partial charge in [0.15, 0.2) is 0 Å². The Kier molecular flexibility index (Phi) is 3.78. The minimum Gasteiger partial charge on any atom is -0.397 e. The van der Waals surface area contributed by atoms with Crippen molar-refractivity contribution in [3.8, 4) is 0 Å². The van der Waals surface area contributed by atoms with Gasteiger partial charge in [0.25, 0.3) is 0 Å². The Hall–Kier alpha value is -1.67. The van der Waals surface area contributed by atoms with Crippen LogP contribution >= 0.6 is 11.6 Å². The number of nitrogens with zero attached hydrogens (tertiary/aromatic N) is 1. The van der Waals surface area contributed by atoms with Gasteiger partial charge in [-0.25, -0.2) is 0 Å². The second-order valence-corrected chi connectivity index (χ2v) is 4.67. The molecule has 0 aliphatic rings. The molecule has 0 saturated heterocycles.